The molecule has 4 heteroatoms. The van der Waals surface area contributed by atoms with E-state index >= 15 is 0 Å². The molecule has 0 N–H and O–H groups in total. The van der Waals surface area contributed by atoms with Crippen molar-refractivity contribution in [2.45, 2.75) is 13.3 Å². The molecule has 1 rings (SSSR count). The third-order valence-electron chi connectivity index (χ3n) is 1.47. The first-order valence-electron chi connectivity index (χ1n) is 3.55. The van der Waals surface area contributed by atoms with Gasteiger partial charge >= 0.3 is 5.97 Å². The monoisotopic (exact) mass is 232 g/mol. The lowest BCUT2D eigenvalue weighted by molar-refractivity contribution is 0.0563. The van der Waals surface area contributed by atoms with Crippen LogP contribution in [-0.2, 0) is 11.2 Å². The molecule has 0 amide bonds. The molecule has 0 bridgehead atoms. The number of hydrogen-bond donors (Lipinski definition) is 0. The van der Waals surface area contributed by atoms with E-state index in [0.29, 0.717) is 0 Å². The van der Waals surface area contributed by atoms with Crippen LogP contribution in [0, 0.1) is 0 Å². The lowest BCUT2D eigenvalue weighted by atomic mass is 10.3. The minimum atomic E-state index is -0.449. The van der Waals surface area contributed by atoms with E-state index in [0.717, 1.165) is 16.7 Å². The number of methoxy groups -OCH3 is 1. The summed E-state index contributed by atoms with van der Waals surface area (Å²) in [6, 6.07) is 1.62. The van der Waals surface area contributed by atoms with Crippen LogP contribution in [0.3, 0.4) is 0 Å². The molecular formula is C8H9BrO3. The molecule has 0 aliphatic heterocycles. The Kier molecular flexibility index (Phi) is 2.92. The van der Waals surface area contributed by atoms with Crippen LogP contribution in [0.15, 0.2) is 15.0 Å². The van der Waals surface area contributed by atoms with E-state index in [1.807, 2.05) is 6.92 Å². The molecule has 0 atom stereocenters. The molecule has 0 radical (unpaired) electrons. The van der Waals surface area contributed by atoms with Gasteiger partial charge in [-0.15, -0.1) is 0 Å². The van der Waals surface area contributed by atoms with Crippen molar-refractivity contribution in [2.75, 3.05) is 7.11 Å². The Labute approximate surface area is 78.8 Å². The molecule has 0 fully saturated rings. The predicted octanol–water partition coefficient (Wildman–Crippen LogP) is 2.39. The first-order chi connectivity index (χ1) is 5.69. The van der Waals surface area contributed by atoms with Gasteiger partial charge in [-0.25, -0.2) is 4.79 Å². The Morgan fingerprint density at radius 1 is 1.75 bits per heavy atom. The molecule has 0 spiro atoms. The predicted molar refractivity (Wildman–Crippen MR) is 47.1 cm³/mol. The first kappa shape index (κ1) is 9.32. The number of furan rings is 1. The van der Waals surface area contributed by atoms with Crippen molar-refractivity contribution in [3.63, 3.8) is 0 Å². The van der Waals surface area contributed by atoms with Crippen LogP contribution < -0.4 is 0 Å². The molecule has 12 heavy (non-hydrogen) atoms. The van der Waals surface area contributed by atoms with Crippen LogP contribution in [0.4, 0.5) is 0 Å². The molecule has 0 aliphatic carbocycles. The summed E-state index contributed by atoms with van der Waals surface area (Å²) in [6.45, 7) is 1.95. The Balaban J connectivity index is 2.96. The van der Waals surface area contributed by atoms with Crippen molar-refractivity contribution < 1.29 is 13.9 Å². The van der Waals surface area contributed by atoms with E-state index < -0.39 is 5.97 Å². The van der Waals surface area contributed by atoms with E-state index in [1.165, 1.54) is 7.11 Å². The molecule has 66 valence electrons. The number of aryl methyl sites for hydroxylation is 1. The Hall–Kier alpha value is -0.770. The maximum absolute atomic E-state index is 11.0. The van der Waals surface area contributed by atoms with Crippen LogP contribution in [0.5, 0.6) is 0 Å². The van der Waals surface area contributed by atoms with E-state index in [-0.39, 0.29) is 5.76 Å². The highest BCUT2D eigenvalue weighted by Gasteiger charge is 2.13. The second-order valence-corrected chi connectivity index (χ2v) is 3.08. The van der Waals surface area contributed by atoms with Crippen molar-refractivity contribution in [3.8, 4) is 0 Å². The number of carbonyl (C=O) groups excluding carboxylic acids is 1. The van der Waals surface area contributed by atoms with Gasteiger partial charge in [-0.2, -0.15) is 0 Å². The van der Waals surface area contributed by atoms with Crippen molar-refractivity contribution in [2.24, 2.45) is 0 Å². The van der Waals surface area contributed by atoms with E-state index in [4.69, 9.17) is 4.42 Å². The van der Waals surface area contributed by atoms with E-state index in [9.17, 15) is 4.79 Å². The van der Waals surface area contributed by atoms with Crippen LogP contribution >= 0.6 is 15.9 Å². The average molecular weight is 233 g/mol. The molecule has 1 heterocycles. The maximum atomic E-state index is 11.0. The van der Waals surface area contributed by atoms with Crippen LogP contribution in [0.2, 0.25) is 0 Å². The van der Waals surface area contributed by atoms with Gasteiger partial charge in [-0.3, -0.25) is 0 Å². The lowest BCUT2D eigenvalue weighted by Crippen LogP contribution is -1.98. The normalized spacial score (nSPS) is 9.92. The number of hydrogen-bond acceptors (Lipinski definition) is 3. The summed E-state index contributed by atoms with van der Waals surface area (Å²) in [6.07, 6.45) is 0.748. The minimum absolute atomic E-state index is 0.237. The molecule has 3 nitrogen and oxygen atoms in total. The van der Waals surface area contributed by atoms with Gasteiger partial charge in [0.1, 0.15) is 5.76 Å². The molecule has 0 unspecified atom stereocenters. The molecule has 1 aromatic rings. The van der Waals surface area contributed by atoms with Gasteiger partial charge in [0.05, 0.1) is 11.6 Å². The summed E-state index contributed by atoms with van der Waals surface area (Å²) in [5.41, 5.74) is 0. The van der Waals surface area contributed by atoms with Crippen LogP contribution in [-0.4, -0.2) is 13.1 Å². The zero-order valence-electron chi connectivity index (χ0n) is 6.89. The second-order valence-electron chi connectivity index (χ2n) is 2.23. The van der Waals surface area contributed by atoms with Crippen LogP contribution in [0.1, 0.15) is 23.2 Å². The summed E-state index contributed by atoms with van der Waals surface area (Å²) < 4.78 is 10.5. The summed E-state index contributed by atoms with van der Waals surface area (Å²) in [4.78, 5) is 11.0. The summed E-state index contributed by atoms with van der Waals surface area (Å²) in [5, 5.41) is 0. The van der Waals surface area contributed by atoms with Gasteiger partial charge in [-0.1, -0.05) is 6.92 Å². The fraction of sp³-hybridized carbons (Fsp3) is 0.375. The van der Waals surface area contributed by atoms with Gasteiger partial charge in [0.25, 0.3) is 0 Å². The highest BCUT2D eigenvalue weighted by Crippen LogP contribution is 2.22. The third-order valence-corrected chi connectivity index (χ3v) is 2.14. The van der Waals surface area contributed by atoms with Gasteiger partial charge in [-0.05, 0) is 15.9 Å². The Morgan fingerprint density at radius 2 is 2.42 bits per heavy atom. The van der Waals surface area contributed by atoms with E-state index in [1.54, 1.807) is 6.07 Å². The molecule has 0 saturated carbocycles. The number of rotatable bonds is 2. The summed E-state index contributed by atoms with van der Waals surface area (Å²) in [7, 11) is 1.32. The number of ether oxygens (including phenoxy) is 1. The first-order valence-corrected chi connectivity index (χ1v) is 4.34. The van der Waals surface area contributed by atoms with Gasteiger partial charge < -0.3 is 9.15 Å². The standard InChI is InChI=1S/C8H9BrO3/c1-3-6-5(9)4-7(12-6)8(10)11-2/h4H,3H2,1-2H3. The molecule has 0 aliphatic rings. The Morgan fingerprint density at radius 3 is 2.83 bits per heavy atom. The zero-order chi connectivity index (χ0) is 9.14. The SMILES string of the molecule is CCc1oc(C(=O)OC)cc1Br. The topological polar surface area (TPSA) is 39.4 Å². The largest absolute Gasteiger partial charge is 0.463 e. The third kappa shape index (κ3) is 1.69. The van der Waals surface area contributed by atoms with E-state index in [2.05, 4.69) is 20.7 Å². The molecule has 0 saturated heterocycles. The van der Waals surface area contributed by atoms with Crippen molar-refractivity contribution >= 4 is 21.9 Å². The lowest BCUT2D eigenvalue weighted by Gasteiger charge is -1.92. The quantitative estimate of drug-likeness (QED) is 0.736. The van der Waals surface area contributed by atoms with Crippen molar-refractivity contribution in [3.05, 3.63) is 22.1 Å². The summed E-state index contributed by atoms with van der Waals surface area (Å²) >= 11 is 3.27. The smallest absolute Gasteiger partial charge is 0.373 e. The Bertz CT molecular complexity index is 290. The minimum Gasteiger partial charge on any atom is -0.463 e. The fourth-order valence-electron chi connectivity index (χ4n) is 0.849. The van der Waals surface area contributed by atoms with Gasteiger partial charge in [0.15, 0.2) is 0 Å². The van der Waals surface area contributed by atoms with Crippen molar-refractivity contribution in [1.29, 1.82) is 0 Å². The van der Waals surface area contributed by atoms with Gasteiger partial charge in [0, 0.05) is 12.5 Å². The van der Waals surface area contributed by atoms with Gasteiger partial charge in [0.2, 0.25) is 5.76 Å². The highest BCUT2D eigenvalue weighted by atomic mass is 79.9. The molecular weight excluding hydrogens is 224 g/mol. The molecule has 1 aromatic heterocycles. The molecule has 0 aromatic carbocycles. The number of carbonyl (C=O) groups is 1. The summed E-state index contributed by atoms with van der Waals surface area (Å²) in [5.74, 6) is 0.548. The number of esters is 1. The maximum Gasteiger partial charge on any atom is 0.373 e. The highest BCUT2D eigenvalue weighted by molar-refractivity contribution is 9.10. The average Bonchev–Trinajstić information content (AvgIpc) is 2.45. The fourth-order valence-corrected chi connectivity index (χ4v) is 1.42. The zero-order valence-corrected chi connectivity index (χ0v) is 8.47. The second kappa shape index (κ2) is 3.76. The van der Waals surface area contributed by atoms with Crippen molar-refractivity contribution in [1.82, 2.24) is 0 Å². The number of halogens is 1. The van der Waals surface area contributed by atoms with Crippen LogP contribution in [0.25, 0.3) is 0 Å².